The van der Waals surface area contributed by atoms with Crippen LogP contribution in [0.4, 0.5) is 5.69 Å². The molecule has 0 amide bonds. The lowest BCUT2D eigenvalue weighted by Crippen LogP contribution is -2.04. The molecule has 0 unspecified atom stereocenters. The number of hydrogen-bond donors (Lipinski definition) is 1. The standard InChI is InChI=1S/C17H16ClNO2/c1-3-10-21-16-7-5-4-6-13(16)12-19-15-11-14(18)8-9-17(15)20-2/h1,4-9,11,19H,10,12H2,2H3. The van der Waals surface area contributed by atoms with Crippen LogP contribution in [0.2, 0.25) is 5.02 Å². The Morgan fingerprint density at radius 3 is 2.76 bits per heavy atom. The molecule has 21 heavy (non-hydrogen) atoms. The maximum absolute atomic E-state index is 6.01. The number of rotatable bonds is 6. The van der Waals surface area contributed by atoms with Crippen molar-refractivity contribution in [2.45, 2.75) is 6.54 Å². The van der Waals surface area contributed by atoms with Gasteiger partial charge < -0.3 is 14.8 Å². The minimum absolute atomic E-state index is 0.248. The van der Waals surface area contributed by atoms with Crippen molar-refractivity contribution in [1.29, 1.82) is 0 Å². The van der Waals surface area contributed by atoms with Crippen LogP contribution in [0.5, 0.6) is 11.5 Å². The van der Waals surface area contributed by atoms with Gasteiger partial charge in [0.2, 0.25) is 0 Å². The molecule has 0 atom stereocenters. The number of benzene rings is 2. The second kappa shape index (κ2) is 7.47. The summed E-state index contributed by atoms with van der Waals surface area (Å²) in [6, 6.07) is 13.2. The first-order chi connectivity index (χ1) is 10.2. The van der Waals surface area contributed by atoms with Crippen LogP contribution in [0.1, 0.15) is 5.56 Å². The summed E-state index contributed by atoms with van der Waals surface area (Å²) in [5.41, 5.74) is 1.84. The Kier molecular flexibility index (Phi) is 5.36. The molecule has 4 heteroatoms. The van der Waals surface area contributed by atoms with Crippen molar-refractivity contribution in [3.63, 3.8) is 0 Å². The molecule has 0 saturated heterocycles. The number of terminal acetylenes is 1. The summed E-state index contributed by atoms with van der Waals surface area (Å²) in [5, 5.41) is 3.95. The highest BCUT2D eigenvalue weighted by atomic mass is 35.5. The number of nitrogens with one attached hydrogen (secondary N) is 1. The highest BCUT2D eigenvalue weighted by Gasteiger charge is 2.06. The Morgan fingerprint density at radius 1 is 1.19 bits per heavy atom. The molecule has 0 bridgehead atoms. The normalized spacial score (nSPS) is 9.76. The SMILES string of the molecule is C#CCOc1ccccc1CNc1cc(Cl)ccc1OC. The molecule has 0 aliphatic rings. The van der Waals surface area contributed by atoms with Crippen molar-refractivity contribution in [1.82, 2.24) is 0 Å². The van der Waals surface area contributed by atoms with Gasteiger partial charge in [0.1, 0.15) is 18.1 Å². The predicted molar refractivity (Wildman–Crippen MR) is 86.1 cm³/mol. The van der Waals surface area contributed by atoms with E-state index in [-0.39, 0.29) is 6.61 Å². The Labute approximate surface area is 129 Å². The number of anilines is 1. The largest absolute Gasteiger partial charge is 0.495 e. The minimum atomic E-state index is 0.248. The molecule has 2 aromatic carbocycles. The monoisotopic (exact) mass is 301 g/mol. The van der Waals surface area contributed by atoms with E-state index in [9.17, 15) is 0 Å². The van der Waals surface area contributed by atoms with E-state index in [0.29, 0.717) is 11.6 Å². The Balaban J connectivity index is 2.13. The van der Waals surface area contributed by atoms with Gasteiger partial charge in [0.25, 0.3) is 0 Å². The quantitative estimate of drug-likeness (QED) is 0.819. The second-order valence-corrected chi connectivity index (χ2v) is 4.74. The molecule has 0 aliphatic carbocycles. The van der Waals surface area contributed by atoms with Crippen LogP contribution in [0.3, 0.4) is 0 Å². The van der Waals surface area contributed by atoms with Crippen LogP contribution < -0.4 is 14.8 Å². The maximum atomic E-state index is 6.01. The summed E-state index contributed by atoms with van der Waals surface area (Å²) < 4.78 is 10.8. The molecule has 0 radical (unpaired) electrons. The average Bonchev–Trinajstić information content (AvgIpc) is 2.52. The molecular formula is C17H16ClNO2. The van der Waals surface area contributed by atoms with Gasteiger partial charge in [0.15, 0.2) is 0 Å². The Hall–Kier alpha value is -2.31. The van der Waals surface area contributed by atoms with Crippen LogP contribution in [0.25, 0.3) is 0 Å². The van der Waals surface area contributed by atoms with Gasteiger partial charge in [-0.3, -0.25) is 0 Å². The van der Waals surface area contributed by atoms with E-state index in [2.05, 4.69) is 11.2 Å². The third-order valence-corrected chi connectivity index (χ3v) is 3.15. The molecule has 2 aromatic rings. The summed E-state index contributed by atoms with van der Waals surface area (Å²) in [6.07, 6.45) is 5.22. The van der Waals surface area contributed by atoms with Gasteiger partial charge in [-0.15, -0.1) is 6.42 Å². The van der Waals surface area contributed by atoms with Gasteiger partial charge in [-0.05, 0) is 24.3 Å². The number of methoxy groups -OCH3 is 1. The van der Waals surface area contributed by atoms with Gasteiger partial charge in [-0.25, -0.2) is 0 Å². The van der Waals surface area contributed by atoms with Crippen molar-refractivity contribution in [2.24, 2.45) is 0 Å². The van der Waals surface area contributed by atoms with Crippen molar-refractivity contribution < 1.29 is 9.47 Å². The second-order valence-electron chi connectivity index (χ2n) is 4.30. The lowest BCUT2D eigenvalue weighted by atomic mass is 10.2. The highest BCUT2D eigenvalue weighted by Crippen LogP contribution is 2.29. The summed E-state index contributed by atoms with van der Waals surface area (Å²) in [6.45, 7) is 0.828. The molecule has 0 aliphatic heterocycles. The molecule has 1 N–H and O–H groups in total. The fourth-order valence-corrected chi connectivity index (χ4v) is 2.09. The zero-order valence-electron chi connectivity index (χ0n) is 11.7. The molecule has 0 aromatic heterocycles. The van der Waals surface area contributed by atoms with Gasteiger partial charge >= 0.3 is 0 Å². The summed E-state index contributed by atoms with van der Waals surface area (Å²) in [4.78, 5) is 0. The van der Waals surface area contributed by atoms with E-state index in [4.69, 9.17) is 27.5 Å². The van der Waals surface area contributed by atoms with Gasteiger partial charge in [-0.1, -0.05) is 35.7 Å². The minimum Gasteiger partial charge on any atom is -0.495 e. The fraction of sp³-hybridized carbons (Fsp3) is 0.176. The van der Waals surface area contributed by atoms with Crippen molar-refractivity contribution in [3.8, 4) is 23.8 Å². The number of para-hydroxylation sites is 1. The zero-order chi connectivity index (χ0) is 15.1. The fourth-order valence-electron chi connectivity index (χ4n) is 1.92. The first-order valence-electron chi connectivity index (χ1n) is 6.46. The Bertz CT molecular complexity index is 649. The summed E-state index contributed by atoms with van der Waals surface area (Å²) in [5.74, 6) is 3.97. The van der Waals surface area contributed by atoms with Crippen LogP contribution >= 0.6 is 11.6 Å². The van der Waals surface area contributed by atoms with Crippen LogP contribution in [0, 0.1) is 12.3 Å². The first kappa shape index (κ1) is 15.1. The van der Waals surface area contributed by atoms with E-state index in [0.717, 1.165) is 22.7 Å². The molecule has 108 valence electrons. The van der Waals surface area contributed by atoms with Crippen LogP contribution in [0.15, 0.2) is 42.5 Å². The van der Waals surface area contributed by atoms with Crippen molar-refractivity contribution in [3.05, 3.63) is 53.1 Å². The summed E-state index contributed by atoms with van der Waals surface area (Å²) in [7, 11) is 1.62. The molecule has 0 spiro atoms. The van der Waals surface area contributed by atoms with Gasteiger partial charge in [0.05, 0.1) is 12.8 Å². The van der Waals surface area contributed by atoms with Gasteiger partial charge in [-0.2, -0.15) is 0 Å². The molecule has 0 heterocycles. The smallest absolute Gasteiger partial charge is 0.148 e. The predicted octanol–water partition coefficient (Wildman–Crippen LogP) is 3.97. The molecule has 0 saturated carbocycles. The van der Waals surface area contributed by atoms with E-state index >= 15 is 0 Å². The van der Waals surface area contributed by atoms with E-state index in [1.165, 1.54) is 0 Å². The molecular weight excluding hydrogens is 286 g/mol. The number of halogens is 1. The third kappa shape index (κ3) is 4.08. The third-order valence-electron chi connectivity index (χ3n) is 2.91. The lowest BCUT2D eigenvalue weighted by Gasteiger charge is -2.14. The first-order valence-corrected chi connectivity index (χ1v) is 6.84. The molecule has 2 rings (SSSR count). The number of ether oxygens (including phenoxy) is 2. The molecule has 3 nitrogen and oxygen atoms in total. The molecule has 0 fully saturated rings. The Morgan fingerprint density at radius 2 is 2.00 bits per heavy atom. The highest BCUT2D eigenvalue weighted by molar-refractivity contribution is 6.30. The number of hydrogen-bond acceptors (Lipinski definition) is 3. The van der Waals surface area contributed by atoms with Crippen LogP contribution in [-0.4, -0.2) is 13.7 Å². The van der Waals surface area contributed by atoms with Crippen molar-refractivity contribution >= 4 is 17.3 Å². The van der Waals surface area contributed by atoms with E-state index in [1.54, 1.807) is 13.2 Å². The van der Waals surface area contributed by atoms with Gasteiger partial charge in [0, 0.05) is 17.1 Å². The van der Waals surface area contributed by atoms with E-state index < -0.39 is 0 Å². The maximum Gasteiger partial charge on any atom is 0.148 e. The lowest BCUT2D eigenvalue weighted by molar-refractivity contribution is 0.366. The van der Waals surface area contributed by atoms with Crippen LogP contribution in [-0.2, 0) is 6.54 Å². The zero-order valence-corrected chi connectivity index (χ0v) is 12.5. The average molecular weight is 302 g/mol. The summed E-state index contributed by atoms with van der Waals surface area (Å²) >= 11 is 6.01. The van der Waals surface area contributed by atoms with E-state index in [1.807, 2.05) is 36.4 Å². The van der Waals surface area contributed by atoms with Crippen molar-refractivity contribution in [2.75, 3.05) is 19.0 Å². The topological polar surface area (TPSA) is 30.5 Å².